The summed E-state index contributed by atoms with van der Waals surface area (Å²) in [7, 11) is 0. The molecule has 0 aliphatic rings. The van der Waals surface area contributed by atoms with Crippen LogP contribution in [-0.2, 0) is 17.8 Å². The number of benzene rings is 2. The van der Waals surface area contributed by atoms with Crippen LogP contribution in [0.25, 0.3) is 10.9 Å². The molecule has 1 amide bonds. The van der Waals surface area contributed by atoms with Crippen LogP contribution >= 0.6 is 0 Å². The van der Waals surface area contributed by atoms with Crippen molar-refractivity contribution in [2.24, 2.45) is 0 Å². The van der Waals surface area contributed by atoms with Crippen molar-refractivity contribution in [1.82, 2.24) is 15.1 Å². The molecule has 0 fully saturated rings. The van der Waals surface area contributed by atoms with E-state index in [2.05, 4.69) is 10.2 Å². The van der Waals surface area contributed by atoms with Gasteiger partial charge < -0.3 is 10.0 Å². The molecule has 25 heavy (non-hydrogen) atoms. The van der Waals surface area contributed by atoms with Crippen LogP contribution in [0.15, 0.2) is 54.6 Å². The standard InChI is InChI=1S/C20H23N3O2/c1-20(2,25)14-23(13-15-8-4-3-5-9-15)19(24)12-18-16-10-6-7-11-17(16)21-22-18/h3-11,25H,12-14H2,1-2H3,(H,21,22). The number of hydrogen-bond acceptors (Lipinski definition) is 3. The zero-order chi connectivity index (χ0) is 17.9. The smallest absolute Gasteiger partial charge is 0.228 e. The molecule has 2 aromatic carbocycles. The molecule has 0 radical (unpaired) electrons. The normalized spacial score (nSPS) is 11.6. The van der Waals surface area contributed by atoms with E-state index < -0.39 is 5.60 Å². The second-order valence-corrected chi connectivity index (χ2v) is 6.94. The van der Waals surface area contributed by atoms with Crippen LogP contribution in [0.2, 0.25) is 0 Å². The first-order chi connectivity index (χ1) is 11.9. The van der Waals surface area contributed by atoms with Gasteiger partial charge in [-0.15, -0.1) is 0 Å². The minimum absolute atomic E-state index is 0.0413. The molecule has 0 aliphatic heterocycles. The average molecular weight is 337 g/mol. The summed E-state index contributed by atoms with van der Waals surface area (Å²) in [6.45, 7) is 4.16. The van der Waals surface area contributed by atoms with Crippen molar-refractivity contribution in [3.8, 4) is 0 Å². The van der Waals surface area contributed by atoms with E-state index in [-0.39, 0.29) is 18.9 Å². The number of para-hydroxylation sites is 1. The van der Waals surface area contributed by atoms with Gasteiger partial charge in [-0.05, 0) is 25.5 Å². The van der Waals surface area contributed by atoms with Crippen molar-refractivity contribution in [2.75, 3.05) is 6.54 Å². The molecule has 1 aromatic heterocycles. The van der Waals surface area contributed by atoms with Gasteiger partial charge in [0, 0.05) is 18.5 Å². The lowest BCUT2D eigenvalue weighted by molar-refractivity contribution is -0.134. The van der Waals surface area contributed by atoms with Crippen LogP contribution in [0.1, 0.15) is 25.1 Å². The van der Waals surface area contributed by atoms with Gasteiger partial charge in [0.1, 0.15) is 0 Å². The summed E-state index contributed by atoms with van der Waals surface area (Å²) in [4.78, 5) is 14.6. The molecule has 5 heteroatoms. The summed E-state index contributed by atoms with van der Waals surface area (Å²) in [6, 6.07) is 17.5. The van der Waals surface area contributed by atoms with Crippen molar-refractivity contribution >= 4 is 16.8 Å². The van der Waals surface area contributed by atoms with Crippen LogP contribution < -0.4 is 0 Å². The van der Waals surface area contributed by atoms with E-state index >= 15 is 0 Å². The van der Waals surface area contributed by atoms with E-state index in [0.717, 1.165) is 22.2 Å². The Labute approximate surface area is 147 Å². The highest BCUT2D eigenvalue weighted by Gasteiger charge is 2.23. The maximum Gasteiger partial charge on any atom is 0.228 e. The Balaban J connectivity index is 1.80. The highest BCUT2D eigenvalue weighted by Crippen LogP contribution is 2.18. The number of H-pyrrole nitrogens is 1. The fourth-order valence-corrected chi connectivity index (χ4v) is 2.92. The van der Waals surface area contributed by atoms with Crippen molar-refractivity contribution in [1.29, 1.82) is 0 Å². The molecule has 0 saturated heterocycles. The molecule has 0 unspecified atom stereocenters. The van der Waals surface area contributed by atoms with Gasteiger partial charge in [0.2, 0.25) is 5.91 Å². The van der Waals surface area contributed by atoms with E-state index in [9.17, 15) is 9.90 Å². The number of aromatic nitrogens is 2. The van der Waals surface area contributed by atoms with Gasteiger partial charge >= 0.3 is 0 Å². The van der Waals surface area contributed by atoms with Crippen LogP contribution in [0, 0.1) is 0 Å². The summed E-state index contributed by atoms with van der Waals surface area (Å²) in [6.07, 6.45) is 0.226. The number of nitrogens with zero attached hydrogens (tertiary/aromatic N) is 2. The molecule has 0 bridgehead atoms. The highest BCUT2D eigenvalue weighted by molar-refractivity contribution is 5.87. The Kier molecular flexibility index (Phi) is 4.86. The van der Waals surface area contributed by atoms with Gasteiger partial charge in [0.05, 0.1) is 23.2 Å². The largest absolute Gasteiger partial charge is 0.389 e. The number of hydrogen-bond donors (Lipinski definition) is 2. The van der Waals surface area contributed by atoms with Gasteiger partial charge in [-0.25, -0.2) is 0 Å². The average Bonchev–Trinajstić information content (AvgIpc) is 2.97. The molecule has 0 atom stereocenters. The number of aromatic amines is 1. The van der Waals surface area contributed by atoms with Crippen LogP contribution in [0.5, 0.6) is 0 Å². The lowest BCUT2D eigenvalue weighted by Gasteiger charge is -2.29. The Bertz CT molecular complexity index is 850. The van der Waals surface area contributed by atoms with Gasteiger partial charge in [-0.1, -0.05) is 48.5 Å². The molecule has 2 N–H and O–H groups in total. The minimum atomic E-state index is -0.958. The number of aliphatic hydroxyl groups is 1. The zero-order valence-corrected chi connectivity index (χ0v) is 14.6. The molecule has 5 nitrogen and oxygen atoms in total. The maximum absolute atomic E-state index is 12.9. The summed E-state index contributed by atoms with van der Waals surface area (Å²) < 4.78 is 0. The van der Waals surface area contributed by atoms with E-state index in [0.29, 0.717) is 6.54 Å². The molecule has 0 spiro atoms. The van der Waals surface area contributed by atoms with Crippen molar-refractivity contribution < 1.29 is 9.90 Å². The quantitative estimate of drug-likeness (QED) is 0.727. The number of amides is 1. The Hall–Kier alpha value is -2.66. The second kappa shape index (κ2) is 7.07. The third kappa shape index (κ3) is 4.45. The monoisotopic (exact) mass is 337 g/mol. The van der Waals surface area contributed by atoms with Gasteiger partial charge in [0.25, 0.3) is 0 Å². The Morgan fingerprint density at radius 2 is 1.80 bits per heavy atom. The SMILES string of the molecule is CC(C)(O)CN(Cc1ccccc1)C(=O)Cc1[nH]nc2ccccc12. The van der Waals surface area contributed by atoms with E-state index in [1.54, 1.807) is 18.7 Å². The number of rotatable bonds is 6. The lowest BCUT2D eigenvalue weighted by Crippen LogP contribution is -2.42. The summed E-state index contributed by atoms with van der Waals surface area (Å²) in [5, 5.41) is 18.4. The Morgan fingerprint density at radius 3 is 2.52 bits per heavy atom. The first-order valence-corrected chi connectivity index (χ1v) is 8.38. The fourth-order valence-electron chi connectivity index (χ4n) is 2.92. The van der Waals surface area contributed by atoms with Crippen molar-refractivity contribution in [3.63, 3.8) is 0 Å². The van der Waals surface area contributed by atoms with Gasteiger partial charge in [0.15, 0.2) is 0 Å². The lowest BCUT2D eigenvalue weighted by atomic mass is 10.1. The fraction of sp³-hybridized carbons (Fsp3) is 0.300. The minimum Gasteiger partial charge on any atom is -0.389 e. The molecule has 1 heterocycles. The van der Waals surface area contributed by atoms with Crippen molar-refractivity contribution in [2.45, 2.75) is 32.4 Å². The third-order valence-corrected chi connectivity index (χ3v) is 4.02. The predicted octanol–water partition coefficient (Wildman–Crippen LogP) is 2.91. The number of fused-ring (bicyclic) bond motifs is 1. The second-order valence-electron chi connectivity index (χ2n) is 6.94. The molecule has 0 aliphatic carbocycles. The molecule has 3 aromatic rings. The Morgan fingerprint density at radius 1 is 1.12 bits per heavy atom. The first-order valence-electron chi connectivity index (χ1n) is 8.38. The summed E-state index contributed by atoms with van der Waals surface area (Å²) in [5.74, 6) is -0.0413. The van der Waals surface area contributed by atoms with E-state index in [1.165, 1.54) is 0 Å². The third-order valence-electron chi connectivity index (χ3n) is 4.02. The molecule has 130 valence electrons. The van der Waals surface area contributed by atoms with Crippen LogP contribution in [-0.4, -0.2) is 38.3 Å². The maximum atomic E-state index is 12.9. The molecular weight excluding hydrogens is 314 g/mol. The van der Waals surface area contributed by atoms with Gasteiger partial charge in [-0.2, -0.15) is 5.10 Å². The number of carbonyl (C=O) groups is 1. The van der Waals surface area contributed by atoms with Crippen molar-refractivity contribution in [3.05, 3.63) is 65.9 Å². The van der Waals surface area contributed by atoms with Gasteiger partial charge in [-0.3, -0.25) is 9.89 Å². The van der Waals surface area contributed by atoms with Crippen LogP contribution in [0.4, 0.5) is 0 Å². The molecule has 0 saturated carbocycles. The number of carbonyl (C=O) groups excluding carboxylic acids is 1. The van der Waals surface area contributed by atoms with E-state index in [4.69, 9.17) is 0 Å². The number of nitrogens with one attached hydrogen (secondary N) is 1. The molecule has 3 rings (SSSR count). The highest BCUT2D eigenvalue weighted by atomic mass is 16.3. The summed E-state index contributed by atoms with van der Waals surface area (Å²) in [5.41, 5.74) is 1.73. The zero-order valence-electron chi connectivity index (χ0n) is 14.6. The van der Waals surface area contributed by atoms with Crippen LogP contribution in [0.3, 0.4) is 0 Å². The summed E-state index contributed by atoms with van der Waals surface area (Å²) >= 11 is 0. The first kappa shape index (κ1) is 17.2. The predicted molar refractivity (Wildman–Crippen MR) is 98.0 cm³/mol. The topological polar surface area (TPSA) is 69.2 Å². The molecular formula is C20H23N3O2. The van der Waals surface area contributed by atoms with E-state index in [1.807, 2.05) is 54.6 Å².